The highest BCUT2D eigenvalue weighted by Crippen LogP contribution is 2.36. The van der Waals surface area contributed by atoms with Gasteiger partial charge < -0.3 is 10.6 Å². The summed E-state index contributed by atoms with van der Waals surface area (Å²) in [4.78, 5) is 15.8. The fraction of sp³-hybridized carbons (Fsp3) is 0.200. The molecule has 0 bridgehead atoms. The van der Waals surface area contributed by atoms with Crippen LogP contribution in [-0.4, -0.2) is 17.4 Å². The molecule has 4 nitrogen and oxygen atoms in total. The van der Waals surface area contributed by atoms with Crippen LogP contribution in [0.1, 0.15) is 11.3 Å². The number of benzene rings is 1. The number of pyridine rings is 1. The van der Waals surface area contributed by atoms with Gasteiger partial charge in [-0.3, -0.25) is 9.78 Å². The van der Waals surface area contributed by atoms with Crippen molar-refractivity contribution in [3.05, 3.63) is 58.9 Å². The summed E-state index contributed by atoms with van der Waals surface area (Å²) in [5.41, 5.74) is -0.198. The summed E-state index contributed by atoms with van der Waals surface area (Å²) in [5, 5.41) is 4.83. The molecular formula is C15H13ClF3N3O. The maximum atomic E-state index is 12.7. The molecule has 0 saturated heterocycles. The van der Waals surface area contributed by atoms with E-state index in [4.69, 9.17) is 11.6 Å². The van der Waals surface area contributed by atoms with Crippen molar-refractivity contribution in [3.8, 4) is 0 Å². The number of nitrogens with zero attached hydrogens (tertiary/aromatic N) is 1. The number of amides is 1. The number of aromatic nitrogens is 1. The number of halogens is 4. The van der Waals surface area contributed by atoms with Gasteiger partial charge >= 0.3 is 6.18 Å². The van der Waals surface area contributed by atoms with E-state index in [0.29, 0.717) is 6.54 Å². The second-order valence-electron chi connectivity index (χ2n) is 4.67. The summed E-state index contributed by atoms with van der Waals surface area (Å²) in [6, 6.07) is 8.60. The van der Waals surface area contributed by atoms with Gasteiger partial charge in [-0.05, 0) is 30.3 Å². The third-order valence-corrected chi connectivity index (χ3v) is 3.20. The van der Waals surface area contributed by atoms with E-state index in [2.05, 4.69) is 15.6 Å². The lowest BCUT2D eigenvalue weighted by atomic mass is 10.2. The first-order valence-electron chi connectivity index (χ1n) is 6.63. The van der Waals surface area contributed by atoms with Crippen molar-refractivity contribution in [3.63, 3.8) is 0 Å². The molecule has 1 aromatic carbocycles. The average molecular weight is 344 g/mol. The highest BCUT2D eigenvalue weighted by atomic mass is 35.5. The van der Waals surface area contributed by atoms with Gasteiger partial charge in [-0.15, -0.1) is 0 Å². The zero-order chi connectivity index (χ0) is 16.9. The monoisotopic (exact) mass is 343 g/mol. The third-order valence-electron chi connectivity index (χ3n) is 2.87. The van der Waals surface area contributed by atoms with E-state index in [1.807, 2.05) is 6.07 Å². The van der Waals surface area contributed by atoms with Gasteiger partial charge in [0.15, 0.2) is 0 Å². The molecule has 0 atom stereocenters. The van der Waals surface area contributed by atoms with Gasteiger partial charge in [0.25, 0.3) is 0 Å². The van der Waals surface area contributed by atoms with Crippen LogP contribution in [0.4, 0.5) is 18.9 Å². The molecule has 0 aliphatic heterocycles. The second-order valence-corrected chi connectivity index (χ2v) is 5.07. The average Bonchev–Trinajstić information content (AvgIpc) is 2.49. The number of carbonyl (C=O) groups excluding carboxylic acids is 1. The first kappa shape index (κ1) is 17.2. The van der Waals surface area contributed by atoms with Gasteiger partial charge in [-0.25, -0.2) is 0 Å². The van der Waals surface area contributed by atoms with Crippen LogP contribution >= 0.6 is 11.6 Å². The van der Waals surface area contributed by atoms with Crippen LogP contribution in [0.15, 0.2) is 42.6 Å². The molecular weight excluding hydrogens is 331 g/mol. The zero-order valence-electron chi connectivity index (χ0n) is 11.8. The lowest BCUT2D eigenvalue weighted by molar-refractivity contribution is -0.137. The fourth-order valence-electron chi connectivity index (χ4n) is 1.83. The van der Waals surface area contributed by atoms with E-state index in [0.717, 1.165) is 17.8 Å². The van der Waals surface area contributed by atoms with Gasteiger partial charge in [-0.1, -0.05) is 17.7 Å². The van der Waals surface area contributed by atoms with Gasteiger partial charge in [0.05, 0.1) is 22.8 Å². The Balaban J connectivity index is 1.90. The number of carbonyl (C=O) groups is 1. The normalized spacial score (nSPS) is 11.3. The van der Waals surface area contributed by atoms with Crippen LogP contribution in [0.25, 0.3) is 0 Å². The van der Waals surface area contributed by atoms with Crippen LogP contribution in [-0.2, 0) is 17.5 Å². The molecule has 2 aromatic rings. The maximum Gasteiger partial charge on any atom is 0.417 e. The molecule has 2 N–H and O–H groups in total. The van der Waals surface area contributed by atoms with Crippen molar-refractivity contribution in [2.75, 3.05) is 11.9 Å². The Morgan fingerprint density at radius 2 is 2.00 bits per heavy atom. The van der Waals surface area contributed by atoms with Crippen molar-refractivity contribution in [1.29, 1.82) is 0 Å². The van der Waals surface area contributed by atoms with Crippen LogP contribution in [0.5, 0.6) is 0 Å². The van der Waals surface area contributed by atoms with Gasteiger partial charge in [0, 0.05) is 18.4 Å². The Bertz CT molecular complexity index is 677. The third kappa shape index (κ3) is 5.22. The number of hydrogen-bond acceptors (Lipinski definition) is 3. The van der Waals surface area contributed by atoms with Crippen molar-refractivity contribution in [2.24, 2.45) is 0 Å². The molecule has 122 valence electrons. The second kappa shape index (κ2) is 7.43. The predicted molar refractivity (Wildman–Crippen MR) is 81.0 cm³/mol. The molecule has 2 rings (SSSR count). The van der Waals surface area contributed by atoms with E-state index in [-0.39, 0.29) is 12.2 Å². The van der Waals surface area contributed by atoms with Crippen LogP contribution in [0, 0.1) is 0 Å². The molecule has 0 saturated carbocycles. The van der Waals surface area contributed by atoms with Crippen molar-refractivity contribution >= 4 is 23.2 Å². The molecule has 0 radical (unpaired) electrons. The maximum absolute atomic E-state index is 12.7. The quantitative estimate of drug-likeness (QED) is 0.874. The summed E-state index contributed by atoms with van der Waals surface area (Å²) >= 11 is 5.52. The van der Waals surface area contributed by atoms with Crippen LogP contribution < -0.4 is 10.6 Å². The van der Waals surface area contributed by atoms with Crippen LogP contribution in [0.3, 0.4) is 0 Å². The highest BCUT2D eigenvalue weighted by Gasteiger charge is 2.33. The molecule has 0 aliphatic rings. The van der Waals surface area contributed by atoms with Gasteiger partial charge in [-0.2, -0.15) is 13.2 Å². The van der Waals surface area contributed by atoms with E-state index in [1.54, 1.807) is 18.3 Å². The predicted octanol–water partition coefficient (Wildman–Crippen LogP) is 3.48. The molecule has 0 aliphatic carbocycles. The SMILES string of the molecule is O=C(CNCc1ccccn1)Nc1ccc(Cl)c(C(F)(F)F)c1. The summed E-state index contributed by atoms with van der Waals surface area (Å²) in [6.45, 7) is 0.323. The van der Waals surface area contributed by atoms with Crippen LogP contribution in [0.2, 0.25) is 5.02 Å². The fourth-order valence-corrected chi connectivity index (χ4v) is 2.06. The van der Waals surface area contributed by atoms with E-state index in [1.165, 1.54) is 6.07 Å². The first-order chi connectivity index (χ1) is 10.9. The Morgan fingerprint density at radius 1 is 1.22 bits per heavy atom. The lowest BCUT2D eigenvalue weighted by Crippen LogP contribution is -2.28. The van der Waals surface area contributed by atoms with Crippen molar-refractivity contribution in [2.45, 2.75) is 12.7 Å². The van der Waals surface area contributed by atoms with Gasteiger partial charge in [0.2, 0.25) is 5.91 Å². The minimum Gasteiger partial charge on any atom is -0.325 e. The Labute approximate surface area is 135 Å². The number of nitrogens with one attached hydrogen (secondary N) is 2. The Morgan fingerprint density at radius 3 is 2.65 bits per heavy atom. The summed E-state index contributed by atoms with van der Waals surface area (Å²) in [5.74, 6) is -0.462. The number of hydrogen-bond donors (Lipinski definition) is 2. The Kier molecular flexibility index (Phi) is 5.57. The smallest absolute Gasteiger partial charge is 0.325 e. The molecule has 0 fully saturated rings. The standard InChI is InChI=1S/C15H13ClF3N3O/c16-13-5-4-10(7-12(13)15(17,18)19)22-14(23)9-20-8-11-3-1-2-6-21-11/h1-7,20H,8-9H2,(H,22,23). The lowest BCUT2D eigenvalue weighted by Gasteiger charge is -2.12. The van der Waals surface area contributed by atoms with Crippen molar-refractivity contribution in [1.82, 2.24) is 10.3 Å². The molecule has 1 amide bonds. The molecule has 1 aromatic heterocycles. The van der Waals surface area contributed by atoms with Gasteiger partial charge in [0.1, 0.15) is 0 Å². The topological polar surface area (TPSA) is 54.0 Å². The largest absolute Gasteiger partial charge is 0.417 e. The Hall–Kier alpha value is -2.12. The first-order valence-corrected chi connectivity index (χ1v) is 7.01. The molecule has 8 heteroatoms. The molecule has 0 unspecified atom stereocenters. The summed E-state index contributed by atoms with van der Waals surface area (Å²) in [6.07, 6.45) is -2.95. The highest BCUT2D eigenvalue weighted by molar-refractivity contribution is 6.31. The summed E-state index contributed by atoms with van der Waals surface area (Å²) < 4.78 is 38.2. The van der Waals surface area contributed by atoms with E-state index < -0.39 is 22.7 Å². The molecule has 1 heterocycles. The zero-order valence-corrected chi connectivity index (χ0v) is 12.6. The van der Waals surface area contributed by atoms with E-state index in [9.17, 15) is 18.0 Å². The molecule has 23 heavy (non-hydrogen) atoms. The number of rotatable bonds is 5. The minimum atomic E-state index is -4.57. The number of anilines is 1. The van der Waals surface area contributed by atoms with Crippen molar-refractivity contribution < 1.29 is 18.0 Å². The number of alkyl halides is 3. The molecule has 0 spiro atoms. The van der Waals surface area contributed by atoms with E-state index >= 15 is 0 Å². The summed E-state index contributed by atoms with van der Waals surface area (Å²) in [7, 11) is 0. The minimum absolute atomic E-state index is 0.0337.